The third kappa shape index (κ3) is 4.03. The molecule has 0 unspecified atom stereocenters. The van der Waals surface area contributed by atoms with E-state index in [2.05, 4.69) is 0 Å². The van der Waals surface area contributed by atoms with Gasteiger partial charge in [-0.15, -0.1) is 11.3 Å². The Morgan fingerprint density at radius 1 is 1.08 bits per heavy atom. The van der Waals surface area contributed by atoms with Crippen LogP contribution in [0.5, 0.6) is 5.75 Å². The normalized spacial score (nSPS) is 10.5. The highest BCUT2D eigenvalue weighted by atomic mass is 35.5. The number of hydrogen-bond donors (Lipinski definition) is 0. The lowest BCUT2D eigenvalue weighted by atomic mass is 10.1. The predicted octanol–water partition coefficient (Wildman–Crippen LogP) is 5.65. The average molecular weight is 372 g/mol. The van der Waals surface area contributed by atoms with Gasteiger partial charge in [-0.1, -0.05) is 41.9 Å². The number of rotatable bonds is 6. The molecule has 5 heteroatoms. The Morgan fingerprint density at radius 3 is 2.56 bits per heavy atom. The Balaban J connectivity index is 2.02. The number of amides is 1. The predicted molar refractivity (Wildman–Crippen MR) is 104 cm³/mol. The van der Waals surface area contributed by atoms with Crippen molar-refractivity contribution < 1.29 is 9.53 Å². The van der Waals surface area contributed by atoms with Crippen molar-refractivity contribution in [1.82, 2.24) is 0 Å². The number of para-hydroxylation sites is 2. The summed E-state index contributed by atoms with van der Waals surface area (Å²) in [5.41, 5.74) is 1.22. The van der Waals surface area contributed by atoms with E-state index in [4.69, 9.17) is 16.3 Å². The van der Waals surface area contributed by atoms with Crippen LogP contribution >= 0.6 is 22.9 Å². The molecule has 128 valence electrons. The molecule has 0 aliphatic carbocycles. The van der Waals surface area contributed by atoms with Gasteiger partial charge in [0.15, 0.2) is 0 Å². The van der Waals surface area contributed by atoms with E-state index in [0.717, 1.165) is 4.88 Å². The largest absolute Gasteiger partial charge is 0.493 e. The summed E-state index contributed by atoms with van der Waals surface area (Å²) in [6, 6.07) is 18.7. The van der Waals surface area contributed by atoms with E-state index in [-0.39, 0.29) is 5.91 Å². The van der Waals surface area contributed by atoms with Crippen LogP contribution in [0.1, 0.15) is 22.2 Å². The van der Waals surface area contributed by atoms with Gasteiger partial charge in [0.1, 0.15) is 5.75 Å². The van der Waals surface area contributed by atoms with Crippen LogP contribution in [-0.2, 0) is 6.54 Å². The van der Waals surface area contributed by atoms with E-state index in [1.165, 1.54) is 0 Å². The van der Waals surface area contributed by atoms with Crippen LogP contribution in [0.4, 0.5) is 5.69 Å². The van der Waals surface area contributed by atoms with Gasteiger partial charge in [-0.05, 0) is 42.6 Å². The fraction of sp³-hybridized carbons (Fsp3) is 0.150. The number of ether oxygens (including phenoxy) is 1. The lowest BCUT2D eigenvalue weighted by molar-refractivity contribution is 0.0981. The summed E-state index contributed by atoms with van der Waals surface area (Å²) in [5.74, 6) is 0.448. The molecule has 1 amide bonds. The summed E-state index contributed by atoms with van der Waals surface area (Å²) in [4.78, 5) is 16.1. The topological polar surface area (TPSA) is 29.5 Å². The number of halogens is 1. The highest BCUT2D eigenvalue weighted by Gasteiger charge is 2.23. The molecule has 0 bridgehead atoms. The molecule has 0 N–H and O–H groups in total. The second kappa shape index (κ2) is 8.19. The molecule has 3 aromatic rings. The number of nitrogens with zero attached hydrogens (tertiary/aromatic N) is 1. The number of hydrogen-bond acceptors (Lipinski definition) is 3. The Morgan fingerprint density at radius 2 is 1.84 bits per heavy atom. The minimum absolute atomic E-state index is 0.134. The summed E-state index contributed by atoms with van der Waals surface area (Å²) >= 11 is 7.98. The standard InChI is InChI=1S/C20H18ClNO2S/c1-2-24-19-12-6-3-9-16(19)20(23)22(14-15-8-7-13-25-15)18-11-5-4-10-17(18)21/h3-13H,2,14H2,1H3. The zero-order valence-corrected chi connectivity index (χ0v) is 15.4. The first-order valence-electron chi connectivity index (χ1n) is 8.01. The van der Waals surface area contributed by atoms with Gasteiger partial charge in [0, 0.05) is 4.88 Å². The molecule has 0 aliphatic heterocycles. The van der Waals surface area contributed by atoms with Crippen LogP contribution in [0, 0.1) is 0 Å². The lowest BCUT2D eigenvalue weighted by Crippen LogP contribution is -2.30. The van der Waals surface area contributed by atoms with E-state index < -0.39 is 0 Å². The zero-order valence-electron chi connectivity index (χ0n) is 13.8. The van der Waals surface area contributed by atoms with Crippen molar-refractivity contribution in [2.45, 2.75) is 13.5 Å². The summed E-state index contributed by atoms with van der Waals surface area (Å²) in [6.45, 7) is 2.86. The molecule has 1 heterocycles. The van der Waals surface area contributed by atoms with Crippen LogP contribution in [0.25, 0.3) is 0 Å². The number of anilines is 1. The van der Waals surface area contributed by atoms with Crippen LogP contribution < -0.4 is 9.64 Å². The quantitative estimate of drug-likeness (QED) is 0.560. The molecule has 0 fully saturated rings. The van der Waals surface area contributed by atoms with E-state index in [9.17, 15) is 4.79 Å². The van der Waals surface area contributed by atoms with E-state index >= 15 is 0 Å². The number of carbonyl (C=O) groups is 1. The smallest absolute Gasteiger partial charge is 0.262 e. The molecule has 0 radical (unpaired) electrons. The zero-order chi connectivity index (χ0) is 17.6. The van der Waals surface area contributed by atoms with E-state index in [1.807, 2.05) is 60.8 Å². The van der Waals surface area contributed by atoms with Gasteiger partial charge in [-0.2, -0.15) is 0 Å². The van der Waals surface area contributed by atoms with E-state index in [1.54, 1.807) is 28.4 Å². The molecule has 3 nitrogen and oxygen atoms in total. The second-order valence-electron chi connectivity index (χ2n) is 5.35. The van der Waals surface area contributed by atoms with Gasteiger partial charge in [-0.25, -0.2) is 0 Å². The monoisotopic (exact) mass is 371 g/mol. The Hall–Kier alpha value is -2.30. The van der Waals surface area contributed by atoms with Crippen molar-refractivity contribution in [2.24, 2.45) is 0 Å². The first kappa shape index (κ1) is 17.5. The summed E-state index contributed by atoms with van der Waals surface area (Å²) in [5, 5.41) is 2.54. The van der Waals surface area contributed by atoms with E-state index in [0.29, 0.717) is 35.2 Å². The average Bonchev–Trinajstić information content (AvgIpc) is 3.14. The van der Waals surface area contributed by atoms with Gasteiger partial charge in [-0.3, -0.25) is 4.79 Å². The minimum Gasteiger partial charge on any atom is -0.493 e. The van der Waals surface area contributed by atoms with Crippen molar-refractivity contribution in [2.75, 3.05) is 11.5 Å². The molecule has 1 aromatic heterocycles. The van der Waals surface area contributed by atoms with Crippen molar-refractivity contribution in [3.05, 3.63) is 81.5 Å². The van der Waals surface area contributed by atoms with Crippen molar-refractivity contribution in [1.29, 1.82) is 0 Å². The number of carbonyl (C=O) groups excluding carboxylic acids is 1. The van der Waals surface area contributed by atoms with Gasteiger partial charge < -0.3 is 9.64 Å². The fourth-order valence-electron chi connectivity index (χ4n) is 2.57. The van der Waals surface area contributed by atoms with Crippen LogP contribution in [0.2, 0.25) is 5.02 Å². The van der Waals surface area contributed by atoms with Crippen molar-refractivity contribution in [3.63, 3.8) is 0 Å². The maximum atomic E-state index is 13.3. The molecule has 3 rings (SSSR count). The van der Waals surface area contributed by atoms with Gasteiger partial charge in [0.2, 0.25) is 0 Å². The molecular formula is C20H18ClNO2S. The number of thiophene rings is 1. The van der Waals surface area contributed by atoms with Crippen LogP contribution in [-0.4, -0.2) is 12.5 Å². The Kier molecular flexibility index (Phi) is 5.74. The minimum atomic E-state index is -0.134. The summed E-state index contributed by atoms with van der Waals surface area (Å²) in [7, 11) is 0. The number of benzene rings is 2. The highest BCUT2D eigenvalue weighted by molar-refractivity contribution is 7.09. The second-order valence-corrected chi connectivity index (χ2v) is 6.79. The molecule has 0 atom stereocenters. The van der Waals surface area contributed by atoms with Crippen LogP contribution in [0.3, 0.4) is 0 Å². The van der Waals surface area contributed by atoms with Crippen molar-refractivity contribution in [3.8, 4) is 5.75 Å². The molecular weight excluding hydrogens is 354 g/mol. The third-order valence-corrected chi connectivity index (χ3v) is 4.88. The van der Waals surface area contributed by atoms with Gasteiger partial charge >= 0.3 is 0 Å². The van der Waals surface area contributed by atoms with Crippen molar-refractivity contribution >= 4 is 34.5 Å². The Labute approximate surface area is 156 Å². The summed E-state index contributed by atoms with van der Waals surface area (Å²) < 4.78 is 5.63. The Bertz CT molecular complexity index is 848. The third-order valence-electron chi connectivity index (χ3n) is 3.70. The lowest BCUT2D eigenvalue weighted by Gasteiger charge is -2.24. The highest BCUT2D eigenvalue weighted by Crippen LogP contribution is 2.31. The molecule has 2 aromatic carbocycles. The maximum Gasteiger partial charge on any atom is 0.262 e. The maximum absolute atomic E-state index is 13.3. The fourth-order valence-corrected chi connectivity index (χ4v) is 3.50. The molecule has 0 spiro atoms. The first-order chi connectivity index (χ1) is 12.2. The van der Waals surface area contributed by atoms with Crippen LogP contribution in [0.15, 0.2) is 66.0 Å². The molecule has 0 saturated carbocycles. The van der Waals surface area contributed by atoms with Gasteiger partial charge in [0.05, 0.1) is 29.4 Å². The molecule has 25 heavy (non-hydrogen) atoms. The van der Waals surface area contributed by atoms with Gasteiger partial charge in [0.25, 0.3) is 5.91 Å². The first-order valence-corrected chi connectivity index (χ1v) is 9.27. The SMILES string of the molecule is CCOc1ccccc1C(=O)N(Cc1cccs1)c1ccccc1Cl. The molecule has 0 saturated heterocycles. The summed E-state index contributed by atoms with van der Waals surface area (Å²) in [6.07, 6.45) is 0. The molecule has 0 aliphatic rings.